The minimum absolute atomic E-state index is 0.0373. The Balaban J connectivity index is 1.27. The van der Waals surface area contributed by atoms with Crippen LogP contribution in [0.1, 0.15) is 79.6 Å². The zero-order valence-electron chi connectivity index (χ0n) is 17.3. The summed E-state index contributed by atoms with van der Waals surface area (Å²) in [6, 6.07) is 2.81. The summed E-state index contributed by atoms with van der Waals surface area (Å²) >= 11 is 6.84. The third-order valence-corrected chi connectivity index (χ3v) is 10.2. The maximum Gasteiger partial charge on any atom is 0.267 e. The SMILES string of the molecule is O=C(NS(=O)(=O)C1CC1)c1cc(C2CC2)c(OC2C3CC4CC2CC(Cl)(C4)C3)cc1F. The van der Waals surface area contributed by atoms with Crippen molar-refractivity contribution < 1.29 is 22.3 Å². The van der Waals surface area contributed by atoms with Gasteiger partial charge in [-0.05, 0) is 93.1 Å². The molecule has 8 heteroatoms. The smallest absolute Gasteiger partial charge is 0.267 e. The monoisotopic (exact) mass is 467 g/mol. The summed E-state index contributed by atoms with van der Waals surface area (Å²) in [6.45, 7) is 0. The topological polar surface area (TPSA) is 72.5 Å². The van der Waals surface area contributed by atoms with Crippen molar-refractivity contribution >= 4 is 27.5 Å². The molecule has 1 aromatic carbocycles. The molecule has 0 spiro atoms. The molecule has 0 heterocycles. The summed E-state index contributed by atoms with van der Waals surface area (Å²) in [5.41, 5.74) is 0.605. The van der Waals surface area contributed by atoms with E-state index in [1.807, 2.05) is 4.72 Å². The first-order valence-electron chi connectivity index (χ1n) is 11.5. The molecule has 0 aliphatic heterocycles. The minimum Gasteiger partial charge on any atom is -0.489 e. The van der Waals surface area contributed by atoms with Crippen LogP contribution >= 0.6 is 11.6 Å². The maximum absolute atomic E-state index is 15.0. The van der Waals surface area contributed by atoms with E-state index in [1.54, 1.807) is 0 Å². The summed E-state index contributed by atoms with van der Waals surface area (Å²) in [7, 11) is -3.73. The van der Waals surface area contributed by atoms with Gasteiger partial charge < -0.3 is 4.74 Å². The van der Waals surface area contributed by atoms with Crippen LogP contribution in [0.4, 0.5) is 4.39 Å². The van der Waals surface area contributed by atoms with E-state index in [0.29, 0.717) is 36.3 Å². The van der Waals surface area contributed by atoms with Gasteiger partial charge in [-0.1, -0.05) is 0 Å². The molecule has 31 heavy (non-hydrogen) atoms. The fourth-order valence-corrected chi connectivity index (χ4v) is 8.33. The van der Waals surface area contributed by atoms with Crippen LogP contribution in [-0.4, -0.2) is 30.6 Å². The summed E-state index contributed by atoms with van der Waals surface area (Å²) in [5.74, 6) is 0.586. The molecule has 0 radical (unpaired) electrons. The summed E-state index contributed by atoms with van der Waals surface area (Å²) in [6.07, 6.45) is 8.30. The van der Waals surface area contributed by atoms with Crippen LogP contribution in [0.3, 0.4) is 0 Å². The number of hydrogen-bond donors (Lipinski definition) is 1. The first kappa shape index (κ1) is 20.3. The highest BCUT2D eigenvalue weighted by atomic mass is 35.5. The van der Waals surface area contributed by atoms with E-state index in [9.17, 15) is 17.6 Å². The fourth-order valence-electron chi connectivity index (χ4n) is 6.42. The number of sulfonamides is 1. The predicted molar refractivity (Wildman–Crippen MR) is 114 cm³/mol. The number of halogens is 2. The van der Waals surface area contributed by atoms with Crippen molar-refractivity contribution in [3.05, 3.63) is 29.1 Å². The van der Waals surface area contributed by atoms with Gasteiger partial charge in [-0.25, -0.2) is 17.5 Å². The van der Waals surface area contributed by atoms with Crippen LogP contribution in [0.15, 0.2) is 12.1 Å². The van der Waals surface area contributed by atoms with E-state index < -0.39 is 27.0 Å². The molecule has 1 amide bonds. The molecule has 0 saturated heterocycles. The number of rotatable bonds is 6. The fraction of sp³-hybridized carbons (Fsp3) is 0.696. The maximum atomic E-state index is 15.0. The van der Waals surface area contributed by atoms with Crippen molar-refractivity contribution in [2.75, 3.05) is 0 Å². The van der Waals surface area contributed by atoms with Crippen molar-refractivity contribution in [1.29, 1.82) is 0 Å². The van der Waals surface area contributed by atoms with Crippen molar-refractivity contribution in [3.63, 3.8) is 0 Å². The predicted octanol–water partition coefficient (Wildman–Crippen LogP) is 4.49. The second-order valence-corrected chi connectivity index (χ2v) is 13.3. The van der Waals surface area contributed by atoms with Crippen LogP contribution in [0, 0.1) is 23.6 Å². The third kappa shape index (κ3) is 3.65. The zero-order chi connectivity index (χ0) is 21.5. The van der Waals surface area contributed by atoms with Crippen LogP contribution in [-0.2, 0) is 10.0 Å². The molecule has 6 aliphatic carbocycles. The number of alkyl halides is 1. The van der Waals surface area contributed by atoms with Gasteiger partial charge in [-0.15, -0.1) is 11.6 Å². The van der Waals surface area contributed by atoms with E-state index >= 15 is 0 Å². The normalized spacial score (nSPS) is 36.5. The first-order valence-corrected chi connectivity index (χ1v) is 13.4. The van der Waals surface area contributed by atoms with E-state index in [1.165, 1.54) is 12.1 Å². The lowest BCUT2D eigenvalue weighted by molar-refractivity contribution is -0.0700. The van der Waals surface area contributed by atoms with Gasteiger partial charge in [0.25, 0.3) is 5.91 Å². The van der Waals surface area contributed by atoms with E-state index in [-0.39, 0.29) is 22.5 Å². The van der Waals surface area contributed by atoms with Gasteiger partial charge in [-0.2, -0.15) is 0 Å². The number of benzene rings is 1. The standard InChI is InChI=1S/C23H27ClFNO4S/c24-23-9-12-5-14(10-23)21(15(6-12)11-23)30-20-8-19(25)18(7-17(20)13-1-2-13)22(27)26-31(28,29)16-3-4-16/h7-8,12-16,21H,1-6,9-11H2,(H,26,27). The summed E-state index contributed by atoms with van der Waals surface area (Å²) < 4.78 is 47.8. The Morgan fingerprint density at radius 1 is 1.10 bits per heavy atom. The van der Waals surface area contributed by atoms with Gasteiger partial charge in [0.15, 0.2) is 0 Å². The number of nitrogens with one attached hydrogen (secondary N) is 1. The number of hydrogen-bond acceptors (Lipinski definition) is 4. The Kier molecular flexibility index (Phi) is 4.47. The Bertz CT molecular complexity index is 1040. The lowest BCUT2D eigenvalue weighted by Crippen LogP contribution is -2.56. The molecule has 0 aromatic heterocycles. The number of carbonyl (C=O) groups excluding carboxylic acids is 1. The second-order valence-electron chi connectivity index (χ2n) is 10.5. The van der Waals surface area contributed by atoms with E-state index in [4.69, 9.17) is 16.3 Å². The molecule has 6 aliphatic rings. The molecular formula is C23H27ClFNO4S. The molecular weight excluding hydrogens is 441 g/mol. The largest absolute Gasteiger partial charge is 0.489 e. The molecule has 7 rings (SSSR count). The minimum atomic E-state index is -3.73. The lowest BCUT2D eigenvalue weighted by Gasteiger charge is -2.57. The molecule has 1 N–H and O–H groups in total. The Labute approximate surface area is 187 Å². The van der Waals surface area contributed by atoms with Gasteiger partial charge in [0.1, 0.15) is 17.7 Å². The lowest BCUT2D eigenvalue weighted by atomic mass is 9.54. The molecule has 6 fully saturated rings. The highest BCUT2D eigenvalue weighted by Crippen LogP contribution is 2.59. The quantitative estimate of drug-likeness (QED) is 0.625. The molecule has 4 bridgehead atoms. The van der Waals surface area contributed by atoms with Crippen molar-refractivity contribution in [2.45, 2.75) is 79.9 Å². The van der Waals surface area contributed by atoms with Gasteiger partial charge >= 0.3 is 0 Å². The van der Waals surface area contributed by atoms with E-state index in [0.717, 1.165) is 50.5 Å². The molecule has 2 unspecified atom stereocenters. The molecule has 5 nitrogen and oxygen atoms in total. The second kappa shape index (κ2) is 6.83. The highest BCUT2D eigenvalue weighted by molar-refractivity contribution is 7.91. The zero-order valence-corrected chi connectivity index (χ0v) is 18.9. The van der Waals surface area contributed by atoms with Crippen LogP contribution in [0.25, 0.3) is 0 Å². The number of ether oxygens (including phenoxy) is 1. The van der Waals surface area contributed by atoms with Crippen LogP contribution in [0.2, 0.25) is 0 Å². The molecule has 1 aromatic rings. The summed E-state index contributed by atoms with van der Waals surface area (Å²) in [4.78, 5) is 12.5. The Morgan fingerprint density at radius 2 is 1.77 bits per heavy atom. The van der Waals surface area contributed by atoms with Gasteiger partial charge in [0.2, 0.25) is 10.0 Å². The highest BCUT2D eigenvalue weighted by Gasteiger charge is 2.56. The average molecular weight is 468 g/mol. The van der Waals surface area contributed by atoms with Crippen LogP contribution < -0.4 is 9.46 Å². The van der Waals surface area contributed by atoms with Gasteiger partial charge in [0, 0.05) is 10.9 Å². The van der Waals surface area contributed by atoms with E-state index in [2.05, 4.69) is 0 Å². The Hall–Kier alpha value is -1.34. The third-order valence-electron chi connectivity index (χ3n) is 7.93. The number of carbonyl (C=O) groups is 1. The van der Waals surface area contributed by atoms with Gasteiger partial charge in [0.05, 0.1) is 10.8 Å². The molecule has 168 valence electrons. The van der Waals surface area contributed by atoms with Crippen molar-refractivity contribution in [1.82, 2.24) is 4.72 Å². The first-order chi connectivity index (χ1) is 14.7. The van der Waals surface area contributed by atoms with Crippen molar-refractivity contribution in [3.8, 4) is 5.75 Å². The molecule has 6 saturated carbocycles. The van der Waals surface area contributed by atoms with Crippen LogP contribution in [0.5, 0.6) is 5.75 Å². The van der Waals surface area contributed by atoms with Crippen molar-refractivity contribution in [2.24, 2.45) is 17.8 Å². The Morgan fingerprint density at radius 3 is 2.35 bits per heavy atom. The number of amides is 1. The molecule has 2 atom stereocenters. The average Bonchev–Trinajstić information content (AvgIpc) is 3.55. The summed E-state index contributed by atoms with van der Waals surface area (Å²) in [5, 5.41) is -0.535. The van der Waals surface area contributed by atoms with Gasteiger partial charge in [-0.3, -0.25) is 4.79 Å².